The predicted molar refractivity (Wildman–Crippen MR) is 81.8 cm³/mol. The van der Waals surface area contributed by atoms with Gasteiger partial charge in [-0.15, -0.1) is 0 Å². The Labute approximate surface area is 125 Å². The van der Waals surface area contributed by atoms with Crippen LogP contribution in [0.1, 0.15) is 55.1 Å². The molecule has 0 aliphatic heterocycles. The maximum atomic E-state index is 11.6. The molecule has 1 rings (SSSR count). The molecule has 1 aromatic rings. The van der Waals surface area contributed by atoms with Crippen LogP contribution in [0.15, 0.2) is 24.3 Å². The minimum absolute atomic E-state index is 0.311. The van der Waals surface area contributed by atoms with Crippen molar-refractivity contribution in [2.24, 2.45) is 0 Å². The fourth-order valence-corrected chi connectivity index (χ4v) is 2.20. The third-order valence-corrected chi connectivity index (χ3v) is 3.09. The summed E-state index contributed by atoms with van der Waals surface area (Å²) in [7, 11) is 0. The van der Waals surface area contributed by atoms with Gasteiger partial charge < -0.3 is 9.84 Å². The lowest BCUT2D eigenvalue weighted by Crippen LogP contribution is -2.12. The number of rotatable bonds is 7. The number of hydrogen-bond donors (Lipinski definition) is 1. The smallest absolute Gasteiger partial charge is 0.338 e. The lowest BCUT2D eigenvalue weighted by Gasteiger charge is -2.14. The summed E-state index contributed by atoms with van der Waals surface area (Å²) < 4.78 is 5.25. The molecule has 0 aliphatic rings. The van der Waals surface area contributed by atoms with E-state index in [0.717, 1.165) is 12.8 Å². The molecule has 0 amide bonds. The SMILES string of the molecule is C=C(C)C(=O)Oc1cc(CCC)c(C(=O)O)c(CCC)c1. The van der Waals surface area contributed by atoms with E-state index in [0.29, 0.717) is 40.9 Å². The fourth-order valence-electron chi connectivity index (χ4n) is 2.20. The van der Waals surface area contributed by atoms with Crippen molar-refractivity contribution in [2.45, 2.75) is 46.5 Å². The normalized spacial score (nSPS) is 10.2. The first kappa shape index (κ1) is 17.0. The van der Waals surface area contributed by atoms with Gasteiger partial charge in [0.2, 0.25) is 0 Å². The molecular weight excluding hydrogens is 268 g/mol. The van der Waals surface area contributed by atoms with Gasteiger partial charge in [0.25, 0.3) is 0 Å². The highest BCUT2D eigenvalue weighted by Gasteiger charge is 2.18. The molecule has 0 radical (unpaired) electrons. The molecule has 0 unspecified atom stereocenters. The van der Waals surface area contributed by atoms with E-state index < -0.39 is 11.9 Å². The van der Waals surface area contributed by atoms with Crippen LogP contribution >= 0.6 is 0 Å². The number of aromatic carboxylic acids is 1. The maximum Gasteiger partial charge on any atom is 0.338 e. The Bertz CT molecular complexity index is 531. The molecule has 0 spiro atoms. The van der Waals surface area contributed by atoms with E-state index in [1.165, 1.54) is 0 Å². The van der Waals surface area contributed by atoms with Gasteiger partial charge in [-0.3, -0.25) is 0 Å². The molecule has 1 N–H and O–H groups in total. The second-order valence-electron chi connectivity index (χ2n) is 5.09. The molecule has 0 saturated heterocycles. The van der Waals surface area contributed by atoms with Crippen LogP contribution in [0.25, 0.3) is 0 Å². The Morgan fingerprint density at radius 3 is 1.95 bits per heavy atom. The van der Waals surface area contributed by atoms with Crippen LogP contribution in [0, 0.1) is 0 Å². The quantitative estimate of drug-likeness (QED) is 0.471. The van der Waals surface area contributed by atoms with Gasteiger partial charge >= 0.3 is 11.9 Å². The first-order chi connectivity index (χ1) is 9.90. The van der Waals surface area contributed by atoms with E-state index >= 15 is 0 Å². The van der Waals surface area contributed by atoms with Crippen molar-refractivity contribution in [1.82, 2.24) is 0 Å². The number of carboxylic acids is 1. The maximum absolute atomic E-state index is 11.6. The summed E-state index contributed by atoms with van der Waals surface area (Å²) >= 11 is 0. The number of carbonyl (C=O) groups excluding carboxylic acids is 1. The summed E-state index contributed by atoms with van der Waals surface area (Å²) in [4.78, 5) is 23.1. The van der Waals surface area contributed by atoms with Crippen LogP contribution in [0.2, 0.25) is 0 Å². The van der Waals surface area contributed by atoms with Gasteiger partial charge in [-0.2, -0.15) is 0 Å². The lowest BCUT2D eigenvalue weighted by molar-refractivity contribution is -0.130. The highest BCUT2D eigenvalue weighted by atomic mass is 16.5. The standard InChI is InChI=1S/C17H22O4/c1-5-7-12-9-14(21-17(20)11(3)4)10-13(8-6-2)15(12)16(18)19/h9-10H,3,5-8H2,1-2,4H3,(H,18,19). The Morgan fingerprint density at radius 1 is 1.14 bits per heavy atom. The highest BCUT2D eigenvalue weighted by Crippen LogP contribution is 2.26. The van der Waals surface area contributed by atoms with E-state index in [2.05, 4.69) is 6.58 Å². The summed E-state index contributed by atoms with van der Waals surface area (Å²) in [5, 5.41) is 9.44. The Morgan fingerprint density at radius 2 is 1.62 bits per heavy atom. The average Bonchev–Trinajstić information content (AvgIpc) is 2.38. The van der Waals surface area contributed by atoms with Crippen molar-refractivity contribution in [2.75, 3.05) is 0 Å². The first-order valence-corrected chi connectivity index (χ1v) is 7.17. The van der Waals surface area contributed by atoms with E-state index in [-0.39, 0.29) is 0 Å². The number of carbonyl (C=O) groups is 2. The Hall–Kier alpha value is -2.10. The second kappa shape index (κ2) is 7.62. The summed E-state index contributed by atoms with van der Waals surface area (Å²) in [6.07, 6.45) is 2.92. The van der Waals surface area contributed by atoms with Crippen molar-refractivity contribution in [1.29, 1.82) is 0 Å². The summed E-state index contributed by atoms with van der Waals surface area (Å²) in [5.41, 5.74) is 2.07. The number of aryl methyl sites for hydroxylation is 2. The van der Waals surface area contributed by atoms with E-state index in [1.54, 1.807) is 19.1 Å². The molecule has 0 aliphatic carbocycles. The van der Waals surface area contributed by atoms with Crippen LogP contribution in [-0.4, -0.2) is 17.0 Å². The zero-order chi connectivity index (χ0) is 16.0. The minimum Gasteiger partial charge on any atom is -0.478 e. The molecule has 21 heavy (non-hydrogen) atoms. The van der Waals surface area contributed by atoms with Crippen molar-refractivity contribution in [3.63, 3.8) is 0 Å². The minimum atomic E-state index is -0.931. The van der Waals surface area contributed by atoms with Crippen molar-refractivity contribution >= 4 is 11.9 Å². The largest absolute Gasteiger partial charge is 0.478 e. The average molecular weight is 290 g/mol. The molecule has 4 heteroatoms. The lowest BCUT2D eigenvalue weighted by atomic mass is 9.95. The van der Waals surface area contributed by atoms with Gasteiger partial charge in [-0.25, -0.2) is 9.59 Å². The summed E-state index contributed by atoms with van der Waals surface area (Å²) in [6.45, 7) is 9.09. The van der Waals surface area contributed by atoms with E-state index in [9.17, 15) is 14.7 Å². The number of hydrogen-bond acceptors (Lipinski definition) is 3. The topological polar surface area (TPSA) is 63.6 Å². The second-order valence-corrected chi connectivity index (χ2v) is 5.09. The van der Waals surface area contributed by atoms with Gasteiger partial charge in [0.05, 0.1) is 5.56 Å². The summed E-state index contributed by atoms with van der Waals surface area (Å²) in [6, 6.07) is 3.29. The van der Waals surface area contributed by atoms with Gasteiger partial charge in [0.1, 0.15) is 5.75 Å². The third-order valence-electron chi connectivity index (χ3n) is 3.09. The first-order valence-electron chi connectivity index (χ1n) is 7.17. The number of carboxylic acid groups (broad SMARTS) is 1. The van der Waals surface area contributed by atoms with E-state index in [1.807, 2.05) is 13.8 Å². The van der Waals surface area contributed by atoms with Crippen molar-refractivity contribution < 1.29 is 19.4 Å². The predicted octanol–water partition coefficient (Wildman–Crippen LogP) is 3.77. The Kier molecular flexibility index (Phi) is 6.15. The van der Waals surface area contributed by atoms with Gasteiger partial charge in [0.15, 0.2) is 0 Å². The van der Waals surface area contributed by atoms with E-state index in [4.69, 9.17) is 4.74 Å². The van der Waals surface area contributed by atoms with Crippen molar-refractivity contribution in [3.8, 4) is 5.75 Å². The fraction of sp³-hybridized carbons (Fsp3) is 0.412. The van der Waals surface area contributed by atoms with Crippen LogP contribution in [0.5, 0.6) is 5.75 Å². The Balaban J connectivity index is 3.31. The number of esters is 1. The van der Waals surface area contributed by atoms with Gasteiger partial charge in [0, 0.05) is 5.57 Å². The molecule has 0 fully saturated rings. The zero-order valence-electron chi connectivity index (χ0n) is 12.9. The third kappa shape index (κ3) is 4.45. The molecule has 0 bridgehead atoms. The molecule has 114 valence electrons. The van der Waals surface area contributed by atoms with Gasteiger partial charge in [-0.05, 0) is 43.0 Å². The molecule has 0 heterocycles. The van der Waals surface area contributed by atoms with Crippen molar-refractivity contribution in [3.05, 3.63) is 41.0 Å². The molecule has 0 atom stereocenters. The molecule has 0 aromatic heterocycles. The van der Waals surface area contributed by atoms with Crippen LogP contribution in [0.4, 0.5) is 0 Å². The van der Waals surface area contributed by atoms with Crippen LogP contribution < -0.4 is 4.74 Å². The van der Waals surface area contributed by atoms with Crippen LogP contribution in [-0.2, 0) is 17.6 Å². The molecule has 1 aromatic carbocycles. The number of ether oxygens (including phenoxy) is 1. The number of benzene rings is 1. The zero-order valence-corrected chi connectivity index (χ0v) is 12.9. The summed E-state index contributed by atoms with van der Waals surface area (Å²) in [5.74, 6) is -1.04. The molecule has 0 saturated carbocycles. The molecular formula is C17H22O4. The van der Waals surface area contributed by atoms with Gasteiger partial charge in [-0.1, -0.05) is 33.3 Å². The monoisotopic (exact) mass is 290 g/mol. The molecule has 4 nitrogen and oxygen atoms in total. The highest BCUT2D eigenvalue weighted by molar-refractivity contribution is 5.92. The van der Waals surface area contributed by atoms with Crippen LogP contribution in [0.3, 0.4) is 0 Å².